The van der Waals surface area contributed by atoms with Crippen molar-refractivity contribution in [3.8, 4) is 5.75 Å². The zero-order valence-corrected chi connectivity index (χ0v) is 21.7. The number of ether oxygens (including phenoxy) is 1. The molecule has 0 aliphatic carbocycles. The molecule has 2 saturated heterocycles. The van der Waals surface area contributed by atoms with E-state index in [4.69, 9.17) is 4.74 Å². The SMILES string of the molecule is Cc1nc(C(=O)N2CCC3(CCN(Cc4cccc5c4OC(C)(C)C5)CC3)CC2)c2ccccc2n1. The first-order valence-corrected chi connectivity index (χ1v) is 13.4. The number of fused-ring (bicyclic) bond motifs is 2. The lowest BCUT2D eigenvalue weighted by molar-refractivity contribution is 0.0280. The molecule has 0 saturated carbocycles. The molecule has 0 unspecified atom stereocenters. The number of para-hydroxylation sites is 2. The van der Waals surface area contributed by atoms with Crippen molar-refractivity contribution in [1.29, 1.82) is 0 Å². The third-order valence-corrected chi connectivity index (χ3v) is 8.51. The van der Waals surface area contributed by atoms with E-state index in [2.05, 4.69) is 46.9 Å². The van der Waals surface area contributed by atoms with Gasteiger partial charge in [0.05, 0.1) is 5.52 Å². The smallest absolute Gasteiger partial charge is 0.273 e. The van der Waals surface area contributed by atoms with Gasteiger partial charge in [0.25, 0.3) is 5.91 Å². The molecule has 36 heavy (non-hydrogen) atoms. The predicted octanol–water partition coefficient (Wildman–Crippen LogP) is 5.17. The fourth-order valence-electron chi connectivity index (χ4n) is 6.42. The molecule has 2 aromatic carbocycles. The van der Waals surface area contributed by atoms with Crippen LogP contribution in [-0.4, -0.2) is 57.5 Å². The zero-order valence-electron chi connectivity index (χ0n) is 21.7. The van der Waals surface area contributed by atoms with Gasteiger partial charge in [0, 0.05) is 37.0 Å². The van der Waals surface area contributed by atoms with Crippen molar-refractivity contribution in [1.82, 2.24) is 19.8 Å². The molecule has 4 heterocycles. The fourth-order valence-corrected chi connectivity index (χ4v) is 6.42. The lowest BCUT2D eigenvalue weighted by Gasteiger charge is -2.47. The summed E-state index contributed by atoms with van der Waals surface area (Å²) in [5, 5.41) is 0.849. The standard InChI is InChI=1S/C30H36N4O2/c1-21-31-25-10-5-4-9-24(25)26(32-21)28(35)34-17-13-30(14-18-34)11-15-33(16-12-30)20-23-8-6-7-22-19-29(2,3)36-27(22)23/h4-10H,11-20H2,1-3H3. The number of carbonyl (C=O) groups is 1. The van der Waals surface area contributed by atoms with Crippen LogP contribution >= 0.6 is 0 Å². The predicted molar refractivity (Wildman–Crippen MR) is 141 cm³/mol. The van der Waals surface area contributed by atoms with Crippen molar-refractivity contribution in [2.24, 2.45) is 5.41 Å². The first-order chi connectivity index (χ1) is 17.3. The maximum atomic E-state index is 13.4. The van der Waals surface area contributed by atoms with Crippen molar-refractivity contribution in [2.45, 2.75) is 65.0 Å². The van der Waals surface area contributed by atoms with Gasteiger partial charge in [-0.2, -0.15) is 0 Å². The second-order valence-electron chi connectivity index (χ2n) is 11.6. The quantitative estimate of drug-likeness (QED) is 0.513. The summed E-state index contributed by atoms with van der Waals surface area (Å²) in [6.45, 7) is 11.0. The second kappa shape index (κ2) is 8.84. The number of hydrogen-bond donors (Lipinski definition) is 0. The highest BCUT2D eigenvalue weighted by Crippen LogP contribution is 2.43. The molecule has 6 heteroatoms. The highest BCUT2D eigenvalue weighted by atomic mass is 16.5. The van der Waals surface area contributed by atoms with Gasteiger partial charge in [0.1, 0.15) is 22.9 Å². The van der Waals surface area contributed by atoms with Gasteiger partial charge in [-0.15, -0.1) is 0 Å². The van der Waals surface area contributed by atoms with E-state index < -0.39 is 0 Å². The zero-order chi connectivity index (χ0) is 24.9. The van der Waals surface area contributed by atoms with Crippen LogP contribution in [0.1, 0.15) is 67.0 Å². The number of hydrogen-bond acceptors (Lipinski definition) is 5. The van der Waals surface area contributed by atoms with E-state index in [0.29, 0.717) is 16.9 Å². The first-order valence-electron chi connectivity index (χ1n) is 13.4. The van der Waals surface area contributed by atoms with Gasteiger partial charge in [-0.05, 0) is 76.6 Å². The lowest BCUT2D eigenvalue weighted by Crippen LogP contribution is -2.48. The summed E-state index contributed by atoms with van der Waals surface area (Å²) in [5.41, 5.74) is 4.30. The Kier molecular flexibility index (Phi) is 5.75. The minimum Gasteiger partial charge on any atom is -0.487 e. The molecule has 0 radical (unpaired) electrons. The third kappa shape index (κ3) is 4.36. The summed E-state index contributed by atoms with van der Waals surface area (Å²) in [4.78, 5) is 27.1. The number of likely N-dealkylation sites (tertiary alicyclic amines) is 2. The van der Waals surface area contributed by atoms with Gasteiger partial charge in [-0.3, -0.25) is 9.69 Å². The number of aromatic nitrogens is 2. The van der Waals surface area contributed by atoms with Crippen LogP contribution in [0.3, 0.4) is 0 Å². The number of benzene rings is 2. The van der Waals surface area contributed by atoms with E-state index in [0.717, 1.165) is 68.6 Å². The second-order valence-corrected chi connectivity index (χ2v) is 11.6. The van der Waals surface area contributed by atoms with E-state index in [1.165, 1.54) is 24.0 Å². The van der Waals surface area contributed by atoms with Gasteiger partial charge < -0.3 is 9.64 Å². The molecular weight excluding hydrogens is 448 g/mol. The fraction of sp³-hybridized carbons (Fsp3) is 0.500. The number of carbonyl (C=O) groups excluding carboxylic acids is 1. The number of nitrogens with zero attached hydrogens (tertiary/aromatic N) is 4. The molecule has 1 aromatic heterocycles. The van der Waals surface area contributed by atoms with Crippen molar-refractivity contribution < 1.29 is 9.53 Å². The van der Waals surface area contributed by atoms with Crippen LogP contribution < -0.4 is 4.74 Å². The number of amides is 1. The van der Waals surface area contributed by atoms with Crippen molar-refractivity contribution >= 4 is 16.8 Å². The Labute approximate surface area is 213 Å². The summed E-state index contributed by atoms with van der Waals surface area (Å²) in [7, 11) is 0. The topological polar surface area (TPSA) is 58.6 Å². The molecule has 3 aliphatic rings. The first kappa shape index (κ1) is 23.4. The Bertz CT molecular complexity index is 1300. The Morgan fingerprint density at radius 3 is 2.44 bits per heavy atom. The van der Waals surface area contributed by atoms with Gasteiger partial charge in [-0.25, -0.2) is 9.97 Å². The average Bonchev–Trinajstić information content (AvgIpc) is 3.20. The number of piperidine rings is 2. The summed E-state index contributed by atoms with van der Waals surface area (Å²) in [6.07, 6.45) is 5.54. The molecule has 188 valence electrons. The van der Waals surface area contributed by atoms with Crippen LogP contribution in [0.15, 0.2) is 42.5 Å². The van der Waals surface area contributed by atoms with Gasteiger partial charge >= 0.3 is 0 Å². The Hall–Kier alpha value is -2.99. The molecular formula is C30H36N4O2. The number of rotatable bonds is 3. The van der Waals surface area contributed by atoms with Gasteiger partial charge in [0.2, 0.25) is 0 Å². The van der Waals surface area contributed by atoms with E-state index in [-0.39, 0.29) is 11.5 Å². The number of aryl methyl sites for hydroxylation is 1. The Balaban J connectivity index is 1.08. The molecule has 2 fully saturated rings. The van der Waals surface area contributed by atoms with Crippen molar-refractivity contribution in [2.75, 3.05) is 26.2 Å². The molecule has 0 N–H and O–H groups in total. The van der Waals surface area contributed by atoms with Crippen LogP contribution in [0, 0.1) is 12.3 Å². The van der Waals surface area contributed by atoms with E-state index >= 15 is 0 Å². The molecule has 6 rings (SSSR count). The largest absolute Gasteiger partial charge is 0.487 e. The Morgan fingerprint density at radius 2 is 1.67 bits per heavy atom. The monoisotopic (exact) mass is 484 g/mol. The highest BCUT2D eigenvalue weighted by molar-refractivity contribution is 6.04. The third-order valence-electron chi connectivity index (χ3n) is 8.51. The lowest BCUT2D eigenvalue weighted by atomic mass is 9.71. The summed E-state index contributed by atoms with van der Waals surface area (Å²) < 4.78 is 6.31. The molecule has 6 nitrogen and oxygen atoms in total. The highest BCUT2D eigenvalue weighted by Gasteiger charge is 2.39. The van der Waals surface area contributed by atoms with Crippen LogP contribution in [0.2, 0.25) is 0 Å². The summed E-state index contributed by atoms with van der Waals surface area (Å²) >= 11 is 0. The minimum absolute atomic E-state index is 0.0462. The molecule has 0 bridgehead atoms. The maximum absolute atomic E-state index is 13.4. The Morgan fingerprint density at radius 1 is 0.944 bits per heavy atom. The molecule has 0 atom stereocenters. The van der Waals surface area contributed by atoms with Gasteiger partial charge in [-0.1, -0.05) is 36.4 Å². The normalized spacial score (nSPS) is 20.9. The van der Waals surface area contributed by atoms with E-state index in [9.17, 15) is 4.79 Å². The van der Waals surface area contributed by atoms with Crippen LogP contribution in [0.4, 0.5) is 0 Å². The van der Waals surface area contributed by atoms with Crippen LogP contribution in [-0.2, 0) is 13.0 Å². The molecule has 1 spiro atoms. The van der Waals surface area contributed by atoms with E-state index in [1.54, 1.807) is 0 Å². The van der Waals surface area contributed by atoms with Crippen LogP contribution in [0.25, 0.3) is 10.9 Å². The minimum atomic E-state index is -0.105. The summed E-state index contributed by atoms with van der Waals surface area (Å²) in [5.74, 6) is 1.81. The molecule has 1 amide bonds. The van der Waals surface area contributed by atoms with Crippen LogP contribution in [0.5, 0.6) is 5.75 Å². The maximum Gasteiger partial charge on any atom is 0.273 e. The van der Waals surface area contributed by atoms with Crippen molar-refractivity contribution in [3.05, 3.63) is 65.1 Å². The van der Waals surface area contributed by atoms with E-state index in [1.807, 2.05) is 36.1 Å². The summed E-state index contributed by atoms with van der Waals surface area (Å²) in [6, 6.07) is 14.4. The van der Waals surface area contributed by atoms with Crippen molar-refractivity contribution in [3.63, 3.8) is 0 Å². The molecule has 3 aliphatic heterocycles. The van der Waals surface area contributed by atoms with Gasteiger partial charge in [0.15, 0.2) is 0 Å². The average molecular weight is 485 g/mol. The molecule has 3 aromatic rings.